The van der Waals surface area contributed by atoms with Gasteiger partial charge in [0.25, 0.3) is 0 Å². The van der Waals surface area contributed by atoms with Crippen molar-refractivity contribution in [3.8, 4) is 5.75 Å². The molecule has 0 heterocycles. The second kappa shape index (κ2) is 5.30. The molecule has 0 saturated heterocycles. The molecule has 1 radical (unpaired) electrons. The fourth-order valence-electron chi connectivity index (χ4n) is 0.512. The van der Waals surface area contributed by atoms with Crippen LogP contribution in [-0.2, 0) is 0 Å². The van der Waals surface area contributed by atoms with Gasteiger partial charge < -0.3 is 5.11 Å². The van der Waals surface area contributed by atoms with E-state index in [9.17, 15) is 0 Å². The predicted octanol–water partition coefficient (Wildman–Crippen LogP) is 2.97. The van der Waals surface area contributed by atoms with Crippen LogP contribution in [0.25, 0.3) is 0 Å². The summed E-state index contributed by atoms with van der Waals surface area (Å²) < 4.78 is 0. The molecule has 0 unspecified atom stereocenters. The molecular weight excluding hydrogens is 234 g/mol. The minimum absolute atomic E-state index is 0. The molecule has 1 nitrogen and oxygen atoms in total. The maximum absolute atomic E-state index is 8.95. The van der Waals surface area contributed by atoms with Gasteiger partial charge in [-0.1, -0.05) is 34.8 Å². The minimum atomic E-state index is -0.0592. The number of benzene rings is 1. The first-order valence-corrected chi connectivity index (χ1v) is 3.58. The number of phenolic OH excluding ortho intramolecular Hbond substituents is 1. The van der Waals surface area contributed by atoms with Crippen LogP contribution in [0.15, 0.2) is 12.1 Å². The molecule has 0 aliphatic heterocycles. The Morgan fingerprint density at radius 2 is 1.36 bits per heavy atom. The van der Waals surface area contributed by atoms with E-state index < -0.39 is 0 Å². The zero-order valence-corrected chi connectivity index (χ0v) is 11.1. The van der Waals surface area contributed by atoms with Crippen LogP contribution in [0.1, 0.15) is 0 Å². The molecular formula is C6H3Cl3KO. The fourth-order valence-corrected chi connectivity index (χ4v) is 1.05. The first kappa shape index (κ1) is 12.5. The summed E-state index contributed by atoms with van der Waals surface area (Å²) in [6.45, 7) is 0. The van der Waals surface area contributed by atoms with Crippen molar-refractivity contribution < 1.29 is 5.11 Å². The number of aromatic hydroxyl groups is 1. The van der Waals surface area contributed by atoms with Gasteiger partial charge in [0.15, 0.2) is 0 Å². The Balaban J connectivity index is 0.000001000. The van der Waals surface area contributed by atoms with Crippen LogP contribution in [0.3, 0.4) is 0 Å². The van der Waals surface area contributed by atoms with Gasteiger partial charge in [-0.15, -0.1) is 0 Å². The van der Waals surface area contributed by atoms with E-state index in [0.717, 1.165) is 0 Å². The maximum atomic E-state index is 8.95. The Bertz CT molecular complexity index is 214. The van der Waals surface area contributed by atoms with E-state index in [1.54, 1.807) is 0 Å². The summed E-state index contributed by atoms with van der Waals surface area (Å²) in [6.07, 6.45) is 0. The number of phenols is 1. The third-order valence-corrected chi connectivity index (χ3v) is 2.01. The number of hydrogen-bond acceptors (Lipinski definition) is 1. The second-order valence-corrected chi connectivity index (χ2v) is 2.94. The number of hydrogen-bond donors (Lipinski definition) is 1. The van der Waals surface area contributed by atoms with E-state index in [1.165, 1.54) is 12.1 Å². The largest absolute Gasteiger partial charge is 0.506 e. The van der Waals surface area contributed by atoms with Gasteiger partial charge in [0, 0.05) is 57.5 Å². The first-order valence-electron chi connectivity index (χ1n) is 2.45. The van der Waals surface area contributed by atoms with Gasteiger partial charge in [0.05, 0.1) is 15.1 Å². The average Bonchev–Trinajstić information content (AvgIpc) is 1.84. The molecule has 1 aromatic rings. The monoisotopic (exact) mass is 235 g/mol. The van der Waals surface area contributed by atoms with Crippen LogP contribution in [0.5, 0.6) is 5.75 Å². The second-order valence-electron chi connectivity index (χ2n) is 1.72. The molecule has 0 fully saturated rings. The molecule has 1 N–H and O–H groups in total. The minimum Gasteiger partial charge on any atom is -0.506 e. The van der Waals surface area contributed by atoms with Crippen molar-refractivity contribution in [2.75, 3.05) is 0 Å². The van der Waals surface area contributed by atoms with Gasteiger partial charge in [0.2, 0.25) is 0 Å². The molecule has 0 bridgehead atoms. The van der Waals surface area contributed by atoms with Gasteiger partial charge >= 0.3 is 0 Å². The molecule has 11 heavy (non-hydrogen) atoms. The molecule has 55 valence electrons. The molecule has 0 saturated carbocycles. The molecule has 0 spiro atoms. The number of halogens is 3. The summed E-state index contributed by atoms with van der Waals surface area (Å²) in [6, 6.07) is 2.69. The summed E-state index contributed by atoms with van der Waals surface area (Å²) in [5.74, 6) is -0.0592. The third-order valence-electron chi connectivity index (χ3n) is 0.990. The van der Waals surface area contributed by atoms with E-state index in [1.807, 2.05) is 0 Å². The van der Waals surface area contributed by atoms with Crippen molar-refractivity contribution >= 4 is 86.2 Å². The van der Waals surface area contributed by atoms with Crippen LogP contribution in [0.2, 0.25) is 15.1 Å². The van der Waals surface area contributed by atoms with Crippen molar-refractivity contribution in [1.29, 1.82) is 0 Å². The van der Waals surface area contributed by atoms with E-state index >= 15 is 0 Å². The average molecular weight is 237 g/mol. The van der Waals surface area contributed by atoms with Crippen LogP contribution >= 0.6 is 34.8 Å². The summed E-state index contributed by atoms with van der Waals surface area (Å²) in [7, 11) is 0. The third kappa shape index (κ3) is 3.41. The van der Waals surface area contributed by atoms with Gasteiger partial charge in [-0.05, 0) is 6.07 Å². The fraction of sp³-hybridized carbons (Fsp3) is 0. The van der Waals surface area contributed by atoms with E-state index in [-0.39, 0.29) is 62.2 Å². The summed E-state index contributed by atoms with van der Waals surface area (Å²) >= 11 is 16.6. The molecule has 0 amide bonds. The Hall–Kier alpha value is 1.53. The van der Waals surface area contributed by atoms with Crippen molar-refractivity contribution in [2.45, 2.75) is 0 Å². The van der Waals surface area contributed by atoms with Gasteiger partial charge in [0.1, 0.15) is 5.75 Å². The molecule has 5 heteroatoms. The quantitative estimate of drug-likeness (QED) is 0.542. The predicted molar refractivity (Wildman–Crippen MR) is 48.9 cm³/mol. The van der Waals surface area contributed by atoms with Gasteiger partial charge in [-0.3, -0.25) is 0 Å². The molecule has 0 aliphatic rings. The van der Waals surface area contributed by atoms with Gasteiger partial charge in [-0.25, -0.2) is 0 Å². The normalized spacial score (nSPS) is 9.00. The van der Waals surface area contributed by atoms with Crippen molar-refractivity contribution in [1.82, 2.24) is 0 Å². The number of rotatable bonds is 0. The van der Waals surface area contributed by atoms with Crippen LogP contribution in [-0.4, -0.2) is 56.5 Å². The van der Waals surface area contributed by atoms with E-state index in [2.05, 4.69) is 0 Å². The van der Waals surface area contributed by atoms with E-state index in [4.69, 9.17) is 39.9 Å². The Morgan fingerprint density at radius 1 is 0.909 bits per heavy atom. The van der Waals surface area contributed by atoms with Crippen LogP contribution < -0.4 is 0 Å². The first-order chi connectivity index (χ1) is 4.61. The summed E-state index contributed by atoms with van der Waals surface area (Å²) in [5.41, 5.74) is 0. The van der Waals surface area contributed by atoms with E-state index in [0.29, 0.717) is 10.0 Å². The summed E-state index contributed by atoms with van der Waals surface area (Å²) in [4.78, 5) is 0. The Kier molecular flexibility index (Phi) is 6.03. The Labute approximate surface area is 122 Å². The standard InChI is InChI=1S/C6H3Cl3O.K/c7-3-1-5(9)6(10)2-4(3)8;/h1-2,10H;. The topological polar surface area (TPSA) is 20.2 Å². The van der Waals surface area contributed by atoms with Crippen LogP contribution in [0, 0.1) is 0 Å². The molecule has 0 atom stereocenters. The maximum Gasteiger partial charge on any atom is 0.135 e. The zero-order chi connectivity index (χ0) is 7.72. The summed E-state index contributed by atoms with van der Waals surface area (Å²) in [5, 5.41) is 9.79. The van der Waals surface area contributed by atoms with Crippen molar-refractivity contribution in [3.63, 3.8) is 0 Å². The molecule has 1 rings (SSSR count). The molecule has 0 aromatic heterocycles. The van der Waals surface area contributed by atoms with Gasteiger partial charge in [-0.2, -0.15) is 0 Å². The smallest absolute Gasteiger partial charge is 0.135 e. The Morgan fingerprint density at radius 3 is 1.82 bits per heavy atom. The van der Waals surface area contributed by atoms with Crippen molar-refractivity contribution in [2.24, 2.45) is 0 Å². The van der Waals surface area contributed by atoms with Crippen molar-refractivity contribution in [3.05, 3.63) is 27.2 Å². The zero-order valence-electron chi connectivity index (χ0n) is 5.74. The molecule has 0 aliphatic carbocycles. The van der Waals surface area contributed by atoms with Crippen LogP contribution in [0.4, 0.5) is 0 Å². The SMILES string of the molecule is Oc1cc(Cl)c(Cl)cc1Cl.[K]. The molecule has 1 aromatic carbocycles.